The third-order valence-corrected chi connectivity index (χ3v) is 7.00. The predicted molar refractivity (Wildman–Crippen MR) is 90.3 cm³/mol. The zero-order valence-electron chi connectivity index (χ0n) is 12.6. The van der Waals surface area contributed by atoms with Crippen molar-refractivity contribution in [1.82, 2.24) is 5.32 Å². The molecule has 3 unspecified atom stereocenters. The minimum absolute atomic E-state index is 0.234. The van der Waals surface area contributed by atoms with Crippen molar-refractivity contribution in [3.8, 4) is 0 Å². The fourth-order valence-electron chi connectivity index (χ4n) is 2.65. The van der Waals surface area contributed by atoms with Gasteiger partial charge in [0.2, 0.25) is 0 Å². The van der Waals surface area contributed by atoms with Gasteiger partial charge in [-0.3, -0.25) is 0 Å². The Labute approximate surface area is 134 Å². The lowest BCUT2D eigenvalue weighted by molar-refractivity contribution is 0.474. The first-order chi connectivity index (χ1) is 10.1. The van der Waals surface area contributed by atoms with Gasteiger partial charge in [-0.1, -0.05) is 19.9 Å². The monoisotopic (exact) mass is 331 g/mol. The lowest BCUT2D eigenvalue weighted by atomic mass is 10.0. The summed E-state index contributed by atoms with van der Waals surface area (Å²) in [7, 11) is 0. The Morgan fingerprint density at radius 2 is 2.05 bits per heavy atom. The number of thioether (sulfide) groups is 2. The van der Waals surface area contributed by atoms with Gasteiger partial charge in [-0.15, -0.1) is 0 Å². The van der Waals surface area contributed by atoms with Crippen LogP contribution in [0.15, 0.2) is 18.2 Å². The van der Waals surface area contributed by atoms with Gasteiger partial charge < -0.3 is 5.32 Å². The van der Waals surface area contributed by atoms with Crippen LogP contribution in [0.5, 0.6) is 0 Å². The normalized spacial score (nSPS) is 24.0. The molecule has 21 heavy (non-hydrogen) atoms. The highest BCUT2D eigenvalue weighted by atomic mass is 32.2. The molecule has 118 valence electrons. The average molecular weight is 331 g/mol. The Balaban J connectivity index is 2.11. The van der Waals surface area contributed by atoms with Gasteiger partial charge in [0.05, 0.1) is 0 Å². The fourth-order valence-corrected chi connectivity index (χ4v) is 5.61. The zero-order chi connectivity index (χ0) is 15.2. The van der Waals surface area contributed by atoms with Crippen LogP contribution in [-0.4, -0.2) is 34.6 Å². The first-order valence-electron chi connectivity index (χ1n) is 7.52. The molecule has 5 heteroatoms. The molecular formula is C16H23F2NS2. The van der Waals surface area contributed by atoms with E-state index in [1.807, 2.05) is 23.5 Å². The van der Waals surface area contributed by atoms with Crippen molar-refractivity contribution >= 4 is 23.5 Å². The summed E-state index contributed by atoms with van der Waals surface area (Å²) in [5.74, 6) is 1.40. The molecule has 1 aromatic carbocycles. The van der Waals surface area contributed by atoms with Crippen molar-refractivity contribution in [3.63, 3.8) is 0 Å². The van der Waals surface area contributed by atoms with Gasteiger partial charge >= 0.3 is 0 Å². The molecular weight excluding hydrogens is 308 g/mol. The second-order valence-corrected chi connectivity index (χ2v) is 8.18. The van der Waals surface area contributed by atoms with E-state index in [2.05, 4.69) is 19.2 Å². The van der Waals surface area contributed by atoms with Crippen LogP contribution in [-0.2, 0) is 6.42 Å². The Hall–Kier alpha value is -0.260. The number of rotatable bonds is 6. The molecule has 1 aromatic rings. The van der Waals surface area contributed by atoms with Gasteiger partial charge in [0.25, 0.3) is 0 Å². The van der Waals surface area contributed by atoms with E-state index in [1.165, 1.54) is 11.8 Å². The van der Waals surface area contributed by atoms with Crippen molar-refractivity contribution in [2.75, 3.05) is 18.1 Å². The van der Waals surface area contributed by atoms with Crippen LogP contribution in [0.25, 0.3) is 0 Å². The smallest absolute Gasteiger partial charge is 0.129 e. The van der Waals surface area contributed by atoms with E-state index in [0.717, 1.165) is 24.8 Å². The van der Waals surface area contributed by atoms with Gasteiger partial charge in [-0.25, -0.2) is 8.78 Å². The summed E-state index contributed by atoms with van der Waals surface area (Å²) in [5.41, 5.74) is 0.605. The molecule has 0 amide bonds. The molecule has 1 aliphatic rings. The van der Waals surface area contributed by atoms with E-state index in [9.17, 15) is 8.78 Å². The van der Waals surface area contributed by atoms with Crippen molar-refractivity contribution in [3.05, 3.63) is 35.4 Å². The molecule has 2 rings (SSSR count). The summed E-state index contributed by atoms with van der Waals surface area (Å²) in [6.45, 7) is 5.32. The van der Waals surface area contributed by atoms with Crippen LogP contribution < -0.4 is 5.32 Å². The summed E-state index contributed by atoms with van der Waals surface area (Å²) < 4.78 is 27.0. The minimum Gasteiger partial charge on any atom is -0.313 e. The van der Waals surface area contributed by atoms with Crippen molar-refractivity contribution < 1.29 is 8.78 Å². The molecule has 3 atom stereocenters. The van der Waals surface area contributed by atoms with E-state index >= 15 is 0 Å². The molecule has 0 saturated carbocycles. The first kappa shape index (κ1) is 17.1. The molecule has 1 heterocycles. The molecule has 1 N–H and O–H groups in total. The molecule has 0 aliphatic carbocycles. The largest absolute Gasteiger partial charge is 0.313 e. The van der Waals surface area contributed by atoms with Crippen LogP contribution in [0.1, 0.15) is 25.8 Å². The molecule has 0 bridgehead atoms. The molecule has 1 fully saturated rings. The van der Waals surface area contributed by atoms with Crippen LogP contribution >= 0.6 is 23.5 Å². The Bertz CT molecular complexity index is 456. The Morgan fingerprint density at radius 1 is 1.29 bits per heavy atom. The standard InChI is InChI=1S/C16H23F2NS2/c1-3-6-19-15(16-11(2)20-7-8-21-16)9-12-4-5-13(17)10-14(12)18/h4-5,10-11,15-16,19H,3,6-9H2,1-2H3. The molecule has 0 spiro atoms. The van der Waals surface area contributed by atoms with E-state index in [-0.39, 0.29) is 6.04 Å². The highest BCUT2D eigenvalue weighted by molar-refractivity contribution is 8.07. The number of nitrogens with one attached hydrogen (secondary N) is 1. The van der Waals surface area contributed by atoms with Crippen LogP contribution in [0.3, 0.4) is 0 Å². The third kappa shape index (κ3) is 4.86. The van der Waals surface area contributed by atoms with Gasteiger partial charge in [-0.05, 0) is 31.0 Å². The Morgan fingerprint density at radius 3 is 2.71 bits per heavy atom. The lowest BCUT2D eigenvalue weighted by Crippen LogP contribution is -2.46. The van der Waals surface area contributed by atoms with Crippen LogP contribution in [0.4, 0.5) is 8.78 Å². The number of halogens is 2. The zero-order valence-corrected chi connectivity index (χ0v) is 14.2. The predicted octanol–water partition coefficient (Wildman–Crippen LogP) is 4.11. The van der Waals surface area contributed by atoms with Crippen molar-refractivity contribution in [2.45, 2.75) is 43.2 Å². The summed E-state index contributed by atoms with van der Waals surface area (Å²) in [4.78, 5) is 0. The molecule has 1 nitrogen and oxygen atoms in total. The highest BCUT2D eigenvalue weighted by Gasteiger charge is 2.30. The number of benzene rings is 1. The van der Waals surface area contributed by atoms with Crippen LogP contribution in [0, 0.1) is 11.6 Å². The van der Waals surface area contributed by atoms with Crippen LogP contribution in [0.2, 0.25) is 0 Å². The Kier molecular flexibility index (Phi) is 6.83. The first-order valence-corrected chi connectivity index (χ1v) is 9.62. The maximum absolute atomic E-state index is 13.9. The van der Waals surface area contributed by atoms with Gasteiger partial charge in [0.15, 0.2) is 0 Å². The lowest BCUT2D eigenvalue weighted by Gasteiger charge is -2.35. The number of hydrogen-bond donors (Lipinski definition) is 1. The highest BCUT2D eigenvalue weighted by Crippen LogP contribution is 2.34. The van der Waals surface area contributed by atoms with Gasteiger partial charge in [0.1, 0.15) is 11.6 Å². The fraction of sp³-hybridized carbons (Fsp3) is 0.625. The minimum atomic E-state index is -0.509. The number of hydrogen-bond acceptors (Lipinski definition) is 3. The van der Waals surface area contributed by atoms with Crippen molar-refractivity contribution in [1.29, 1.82) is 0 Å². The van der Waals surface area contributed by atoms with Gasteiger partial charge in [0, 0.05) is 34.1 Å². The summed E-state index contributed by atoms with van der Waals surface area (Å²) in [6, 6.07) is 4.15. The topological polar surface area (TPSA) is 12.0 Å². The van der Waals surface area contributed by atoms with E-state index < -0.39 is 11.6 Å². The molecule has 0 aromatic heterocycles. The third-order valence-electron chi connectivity index (χ3n) is 3.75. The van der Waals surface area contributed by atoms with E-state index in [1.54, 1.807) is 6.07 Å². The average Bonchev–Trinajstić information content (AvgIpc) is 2.46. The summed E-state index contributed by atoms with van der Waals surface area (Å²) in [6.07, 6.45) is 1.68. The SMILES string of the molecule is CCCNC(Cc1ccc(F)cc1F)C1SCCSC1C. The van der Waals surface area contributed by atoms with E-state index in [4.69, 9.17) is 0 Å². The van der Waals surface area contributed by atoms with Crippen molar-refractivity contribution in [2.24, 2.45) is 0 Å². The second kappa shape index (κ2) is 8.39. The summed E-state index contributed by atoms with van der Waals surface area (Å²) in [5, 5.41) is 4.59. The molecule has 0 radical (unpaired) electrons. The molecule has 1 saturated heterocycles. The second-order valence-electron chi connectivity index (χ2n) is 5.41. The maximum Gasteiger partial charge on any atom is 0.129 e. The van der Waals surface area contributed by atoms with E-state index in [0.29, 0.717) is 22.5 Å². The molecule has 1 aliphatic heterocycles. The summed E-state index contributed by atoms with van der Waals surface area (Å²) >= 11 is 3.97. The quantitative estimate of drug-likeness (QED) is 0.842. The van der Waals surface area contributed by atoms with Gasteiger partial charge in [-0.2, -0.15) is 23.5 Å². The maximum atomic E-state index is 13.9.